The molecule has 0 unspecified atom stereocenters. The molecule has 0 aliphatic carbocycles. The summed E-state index contributed by atoms with van der Waals surface area (Å²) in [7, 11) is 0. The van der Waals surface area contributed by atoms with Crippen molar-refractivity contribution in [1.82, 2.24) is 9.55 Å². The lowest BCUT2D eigenvalue weighted by molar-refractivity contribution is -0.274. The first-order valence-electron chi connectivity index (χ1n) is 13.1. The van der Waals surface area contributed by atoms with Crippen molar-refractivity contribution in [2.45, 2.75) is 26.6 Å². The first kappa shape index (κ1) is 26.9. The van der Waals surface area contributed by atoms with Gasteiger partial charge >= 0.3 is 6.36 Å². The van der Waals surface area contributed by atoms with Crippen LogP contribution >= 0.6 is 11.8 Å². The zero-order valence-electron chi connectivity index (χ0n) is 22.4. The summed E-state index contributed by atoms with van der Waals surface area (Å²) in [6, 6.07) is 21.9. The number of thioether (sulfide) groups is 1. The lowest BCUT2D eigenvalue weighted by Crippen LogP contribution is -2.35. The molecular formula is C31H26F3N5OS. The number of anilines is 1. The molecule has 0 radical (unpaired) electrons. The topological polar surface area (TPSA) is 55.0 Å². The third-order valence-electron chi connectivity index (χ3n) is 6.94. The molecule has 0 spiro atoms. The third kappa shape index (κ3) is 5.65. The van der Waals surface area contributed by atoms with Gasteiger partial charge in [-0.3, -0.25) is 4.57 Å². The zero-order valence-corrected chi connectivity index (χ0v) is 23.2. The molecule has 1 aliphatic heterocycles. The zero-order chi connectivity index (χ0) is 28.6. The molecule has 4 aromatic carbocycles. The predicted octanol–water partition coefficient (Wildman–Crippen LogP) is 8.35. The molecule has 41 heavy (non-hydrogen) atoms. The number of fused-ring (bicyclic) bond motifs is 3. The van der Waals surface area contributed by atoms with E-state index in [1.165, 1.54) is 28.9 Å². The van der Waals surface area contributed by atoms with Gasteiger partial charge in [-0.2, -0.15) is 0 Å². The maximum Gasteiger partial charge on any atom is 0.573 e. The molecule has 208 valence electrons. The van der Waals surface area contributed by atoms with Gasteiger partial charge < -0.3 is 9.64 Å². The number of benzene rings is 4. The van der Waals surface area contributed by atoms with Crippen LogP contribution < -0.4 is 9.64 Å². The van der Waals surface area contributed by atoms with Crippen molar-refractivity contribution in [1.29, 1.82) is 0 Å². The quantitative estimate of drug-likeness (QED) is 0.157. The fraction of sp³-hybridized carbons (Fsp3) is 0.194. The van der Waals surface area contributed by atoms with Crippen LogP contribution in [0.1, 0.15) is 17.5 Å². The second-order valence-electron chi connectivity index (χ2n) is 9.75. The van der Waals surface area contributed by atoms with Crippen LogP contribution in [0.4, 0.5) is 24.5 Å². The summed E-state index contributed by atoms with van der Waals surface area (Å²) < 4.78 is 43.3. The molecule has 0 bridgehead atoms. The Balaban J connectivity index is 1.25. The fourth-order valence-corrected chi connectivity index (χ4v) is 6.06. The van der Waals surface area contributed by atoms with Crippen molar-refractivity contribution in [3.63, 3.8) is 0 Å². The first-order chi connectivity index (χ1) is 19.8. The van der Waals surface area contributed by atoms with E-state index in [9.17, 15) is 13.2 Å². The number of hydrogen-bond donors (Lipinski definition) is 0. The van der Waals surface area contributed by atoms with E-state index >= 15 is 0 Å². The third-order valence-corrected chi connectivity index (χ3v) is 8.01. The predicted molar refractivity (Wildman–Crippen MR) is 161 cm³/mol. The lowest BCUT2D eigenvalue weighted by atomic mass is 10.1. The van der Waals surface area contributed by atoms with Crippen molar-refractivity contribution >= 4 is 56.4 Å². The number of amidine groups is 1. The standard InChI is InChI=1S/C31H26F3N5OS/c1-20-5-3-6-21(2)29(20)38-15-4-16-41-30(38)36-18-35-23-8-13-26-22(17-23)7-14-27-28(26)37-19-39(27)24-9-11-25(12-10-24)40-31(32,33)34/h3,5-14,17-19H,4,15-16H2,1-2H3/b35-18+,36-30-. The Kier molecular flexibility index (Phi) is 7.17. The first-order valence-corrected chi connectivity index (χ1v) is 14.1. The summed E-state index contributed by atoms with van der Waals surface area (Å²) in [5.41, 5.74) is 6.76. The number of halogens is 3. The van der Waals surface area contributed by atoms with E-state index in [0.29, 0.717) is 5.69 Å². The molecule has 1 aromatic heterocycles. The smallest absolute Gasteiger partial charge is 0.406 e. The average molecular weight is 574 g/mol. The van der Waals surface area contributed by atoms with E-state index in [0.717, 1.165) is 51.4 Å². The minimum absolute atomic E-state index is 0.269. The maximum absolute atomic E-state index is 12.5. The van der Waals surface area contributed by atoms with Crippen molar-refractivity contribution in [2.24, 2.45) is 9.98 Å². The van der Waals surface area contributed by atoms with Gasteiger partial charge in [-0.25, -0.2) is 15.0 Å². The molecule has 2 heterocycles. The summed E-state index contributed by atoms with van der Waals surface area (Å²) in [6.07, 6.45) is -0.348. The number of hydrogen-bond acceptors (Lipinski definition) is 4. The largest absolute Gasteiger partial charge is 0.573 e. The Morgan fingerprint density at radius 3 is 2.51 bits per heavy atom. The van der Waals surface area contributed by atoms with Crippen LogP contribution in [0, 0.1) is 13.8 Å². The van der Waals surface area contributed by atoms with Gasteiger partial charge in [0.05, 0.1) is 16.7 Å². The van der Waals surface area contributed by atoms with Crippen LogP contribution in [-0.4, -0.2) is 39.7 Å². The normalized spacial score (nSPS) is 15.4. The van der Waals surface area contributed by atoms with E-state index in [-0.39, 0.29) is 5.75 Å². The summed E-state index contributed by atoms with van der Waals surface area (Å²) in [4.78, 5) is 16.2. The van der Waals surface area contributed by atoms with E-state index in [2.05, 4.69) is 51.7 Å². The number of aliphatic imine (C=N–C) groups is 2. The minimum Gasteiger partial charge on any atom is -0.406 e. The maximum atomic E-state index is 12.5. The molecule has 0 saturated carbocycles. The highest BCUT2D eigenvalue weighted by molar-refractivity contribution is 8.14. The number of nitrogens with zero attached hydrogens (tertiary/aromatic N) is 5. The van der Waals surface area contributed by atoms with Crippen LogP contribution in [0.3, 0.4) is 0 Å². The average Bonchev–Trinajstić information content (AvgIpc) is 3.38. The van der Waals surface area contributed by atoms with Gasteiger partial charge in [0.15, 0.2) is 5.17 Å². The van der Waals surface area contributed by atoms with Crippen LogP contribution in [0.5, 0.6) is 5.75 Å². The summed E-state index contributed by atoms with van der Waals surface area (Å²) in [5.74, 6) is 0.757. The summed E-state index contributed by atoms with van der Waals surface area (Å²) in [5, 5.41) is 2.87. The van der Waals surface area contributed by atoms with E-state index in [4.69, 9.17) is 4.99 Å². The number of imidazole rings is 1. The molecule has 1 aliphatic rings. The van der Waals surface area contributed by atoms with Gasteiger partial charge in [0.2, 0.25) is 0 Å². The molecule has 0 N–H and O–H groups in total. The van der Waals surface area contributed by atoms with E-state index in [1.807, 2.05) is 34.9 Å². The second kappa shape index (κ2) is 10.9. The molecule has 0 amide bonds. The van der Waals surface area contributed by atoms with Crippen LogP contribution in [0.25, 0.3) is 27.5 Å². The van der Waals surface area contributed by atoms with E-state index in [1.54, 1.807) is 36.6 Å². The van der Waals surface area contributed by atoms with Gasteiger partial charge in [0.25, 0.3) is 0 Å². The highest BCUT2D eigenvalue weighted by atomic mass is 32.2. The van der Waals surface area contributed by atoms with Crippen molar-refractivity contribution in [2.75, 3.05) is 17.2 Å². The molecule has 10 heteroatoms. The highest BCUT2D eigenvalue weighted by Gasteiger charge is 2.31. The molecule has 5 aromatic rings. The Morgan fingerprint density at radius 1 is 0.976 bits per heavy atom. The minimum atomic E-state index is -4.73. The Hall–Kier alpha value is -4.31. The number of aromatic nitrogens is 2. The lowest BCUT2D eigenvalue weighted by Gasteiger charge is -2.31. The number of ether oxygens (including phenoxy) is 1. The summed E-state index contributed by atoms with van der Waals surface area (Å²) in [6.45, 7) is 5.19. The van der Waals surface area contributed by atoms with E-state index < -0.39 is 6.36 Å². The Bertz CT molecular complexity index is 1770. The Labute approximate surface area is 239 Å². The molecular weight excluding hydrogens is 547 g/mol. The van der Waals surface area contributed by atoms with Crippen LogP contribution in [0.15, 0.2) is 89.1 Å². The van der Waals surface area contributed by atoms with Crippen molar-refractivity contribution in [3.05, 3.63) is 90.3 Å². The molecule has 0 atom stereocenters. The molecule has 6 nitrogen and oxygen atoms in total. The number of aryl methyl sites for hydroxylation is 2. The Morgan fingerprint density at radius 2 is 1.76 bits per heavy atom. The number of rotatable bonds is 5. The molecule has 6 rings (SSSR count). The van der Waals surface area contributed by atoms with Gasteiger partial charge in [-0.1, -0.05) is 36.0 Å². The van der Waals surface area contributed by atoms with Gasteiger partial charge in [-0.15, -0.1) is 13.2 Å². The van der Waals surface area contributed by atoms with Crippen LogP contribution in [-0.2, 0) is 0 Å². The SMILES string of the molecule is Cc1cccc(C)c1N1CCCS/C1=N\C=N\c1ccc2c(ccc3c2ncn3-c2ccc(OC(F)(F)F)cc2)c1. The van der Waals surface area contributed by atoms with Crippen molar-refractivity contribution in [3.8, 4) is 11.4 Å². The summed E-state index contributed by atoms with van der Waals surface area (Å²) >= 11 is 1.74. The van der Waals surface area contributed by atoms with Gasteiger partial charge in [0.1, 0.15) is 18.4 Å². The van der Waals surface area contributed by atoms with Gasteiger partial charge in [0, 0.05) is 29.1 Å². The molecule has 1 fully saturated rings. The van der Waals surface area contributed by atoms with Crippen LogP contribution in [0.2, 0.25) is 0 Å². The molecule has 1 saturated heterocycles. The highest BCUT2D eigenvalue weighted by Crippen LogP contribution is 2.32. The second-order valence-corrected chi connectivity index (χ2v) is 10.8. The monoisotopic (exact) mass is 573 g/mol. The number of alkyl halides is 3. The van der Waals surface area contributed by atoms with Gasteiger partial charge in [-0.05, 0) is 85.3 Å². The number of para-hydroxylation sites is 1. The fourth-order valence-electron chi connectivity index (χ4n) is 5.14. The van der Waals surface area contributed by atoms with Crippen molar-refractivity contribution < 1.29 is 17.9 Å².